The molecule has 0 spiro atoms. The number of carbonyl (C=O) groups is 1. The molecule has 3 aromatic carbocycles. The quantitative estimate of drug-likeness (QED) is 0.570. The molecule has 2 N–H and O–H groups in total. The Balaban J connectivity index is 1.49. The average molecular weight is 466 g/mol. The Morgan fingerprint density at radius 2 is 1.55 bits per heavy atom. The molecule has 8 heteroatoms. The third kappa shape index (κ3) is 5.18. The van der Waals surface area contributed by atoms with Crippen molar-refractivity contribution in [1.29, 1.82) is 0 Å². The van der Waals surface area contributed by atoms with Gasteiger partial charge in [-0.25, -0.2) is 8.42 Å². The summed E-state index contributed by atoms with van der Waals surface area (Å²) in [6.45, 7) is 6.61. The van der Waals surface area contributed by atoms with Gasteiger partial charge in [0, 0.05) is 18.7 Å². The van der Waals surface area contributed by atoms with E-state index in [0.29, 0.717) is 30.2 Å². The zero-order valence-corrected chi connectivity index (χ0v) is 19.5. The van der Waals surface area contributed by atoms with Crippen molar-refractivity contribution in [3.63, 3.8) is 0 Å². The molecule has 1 aliphatic rings. The molecule has 0 radical (unpaired) electrons. The van der Waals surface area contributed by atoms with Crippen LogP contribution in [0.5, 0.6) is 0 Å². The number of carbonyl (C=O) groups excluding carboxylic acids is 1. The largest absolute Gasteiger partial charge is 0.378 e. The van der Waals surface area contributed by atoms with Crippen molar-refractivity contribution in [2.75, 3.05) is 41.2 Å². The van der Waals surface area contributed by atoms with Crippen molar-refractivity contribution in [2.45, 2.75) is 18.7 Å². The van der Waals surface area contributed by atoms with E-state index in [1.165, 1.54) is 24.3 Å². The third-order valence-corrected chi connectivity index (χ3v) is 7.16. The van der Waals surface area contributed by atoms with E-state index in [2.05, 4.69) is 14.9 Å². The van der Waals surface area contributed by atoms with E-state index in [4.69, 9.17) is 4.74 Å². The van der Waals surface area contributed by atoms with Crippen LogP contribution in [0.4, 0.5) is 17.1 Å². The lowest BCUT2D eigenvalue weighted by Gasteiger charge is -2.30. The minimum absolute atomic E-state index is 0.0914. The summed E-state index contributed by atoms with van der Waals surface area (Å²) >= 11 is 0. The van der Waals surface area contributed by atoms with Gasteiger partial charge in [0.1, 0.15) is 0 Å². The van der Waals surface area contributed by atoms with Crippen LogP contribution in [0.3, 0.4) is 0 Å². The third-order valence-electron chi connectivity index (χ3n) is 5.78. The normalized spacial score (nSPS) is 14.1. The molecule has 0 unspecified atom stereocenters. The minimum Gasteiger partial charge on any atom is -0.378 e. The molecule has 1 aliphatic heterocycles. The maximum Gasteiger partial charge on any atom is 0.261 e. The summed E-state index contributed by atoms with van der Waals surface area (Å²) in [5, 5.41) is 2.95. The van der Waals surface area contributed by atoms with Crippen molar-refractivity contribution in [2.24, 2.45) is 0 Å². The number of hydrogen-bond acceptors (Lipinski definition) is 5. The molecule has 0 saturated carbocycles. The first-order valence-corrected chi connectivity index (χ1v) is 12.3. The second-order valence-corrected chi connectivity index (χ2v) is 9.63. The monoisotopic (exact) mass is 465 g/mol. The molecular weight excluding hydrogens is 438 g/mol. The van der Waals surface area contributed by atoms with Crippen LogP contribution in [-0.4, -0.2) is 40.6 Å². The number of anilines is 3. The van der Waals surface area contributed by atoms with Gasteiger partial charge in [-0.15, -0.1) is 0 Å². The number of sulfonamides is 1. The van der Waals surface area contributed by atoms with Crippen LogP contribution in [0.25, 0.3) is 0 Å². The molecule has 0 aromatic heterocycles. The van der Waals surface area contributed by atoms with Crippen LogP contribution in [-0.2, 0) is 14.8 Å². The second-order valence-electron chi connectivity index (χ2n) is 7.95. The Bertz CT molecular complexity index is 1250. The molecule has 1 heterocycles. The first-order chi connectivity index (χ1) is 15.8. The molecule has 1 saturated heterocycles. The summed E-state index contributed by atoms with van der Waals surface area (Å²) in [6.07, 6.45) is 0. The smallest absolute Gasteiger partial charge is 0.261 e. The molecule has 7 nitrogen and oxygen atoms in total. The molecule has 1 fully saturated rings. The van der Waals surface area contributed by atoms with Crippen molar-refractivity contribution in [1.82, 2.24) is 0 Å². The second kappa shape index (κ2) is 9.64. The first-order valence-electron chi connectivity index (χ1n) is 10.8. The van der Waals surface area contributed by atoms with Gasteiger partial charge in [-0.2, -0.15) is 0 Å². The summed E-state index contributed by atoms with van der Waals surface area (Å²) in [6, 6.07) is 19.0. The summed E-state index contributed by atoms with van der Waals surface area (Å²) in [5.74, 6) is -0.304. The Morgan fingerprint density at radius 1 is 0.879 bits per heavy atom. The maximum absolute atomic E-state index is 12.9. The van der Waals surface area contributed by atoms with Crippen LogP contribution < -0.4 is 14.9 Å². The van der Waals surface area contributed by atoms with Gasteiger partial charge >= 0.3 is 0 Å². The highest BCUT2D eigenvalue weighted by atomic mass is 32.2. The lowest BCUT2D eigenvalue weighted by atomic mass is 10.1. The predicted molar refractivity (Wildman–Crippen MR) is 131 cm³/mol. The zero-order valence-electron chi connectivity index (χ0n) is 18.7. The maximum atomic E-state index is 12.9. The summed E-state index contributed by atoms with van der Waals surface area (Å²) in [5.41, 5.74) is 4.42. The summed E-state index contributed by atoms with van der Waals surface area (Å²) in [4.78, 5) is 15.1. The van der Waals surface area contributed by atoms with Gasteiger partial charge in [-0.05, 0) is 67.4 Å². The number of nitrogens with zero attached hydrogens (tertiary/aromatic N) is 1. The van der Waals surface area contributed by atoms with Gasteiger partial charge in [0.15, 0.2) is 0 Å². The molecule has 1 amide bonds. The fourth-order valence-corrected chi connectivity index (χ4v) is 4.83. The van der Waals surface area contributed by atoms with Crippen LogP contribution >= 0.6 is 0 Å². The summed E-state index contributed by atoms with van der Waals surface area (Å²) in [7, 11) is -3.78. The fourth-order valence-electron chi connectivity index (χ4n) is 3.70. The minimum atomic E-state index is -3.78. The van der Waals surface area contributed by atoms with Gasteiger partial charge in [0.25, 0.3) is 15.9 Å². The Hall–Kier alpha value is -3.36. The lowest BCUT2D eigenvalue weighted by molar-refractivity contribution is 0.102. The van der Waals surface area contributed by atoms with Gasteiger partial charge < -0.3 is 15.0 Å². The molecule has 3 aromatic rings. The molecule has 4 rings (SSSR count). The van der Waals surface area contributed by atoms with Gasteiger partial charge in [-0.3, -0.25) is 9.52 Å². The number of amides is 1. The van der Waals surface area contributed by atoms with E-state index in [0.717, 1.165) is 29.9 Å². The number of nitrogens with one attached hydrogen (secondary N) is 2. The zero-order chi connectivity index (χ0) is 23.4. The van der Waals surface area contributed by atoms with E-state index in [-0.39, 0.29) is 10.8 Å². The van der Waals surface area contributed by atoms with Gasteiger partial charge in [0.05, 0.1) is 35.2 Å². The van der Waals surface area contributed by atoms with Crippen LogP contribution in [0.15, 0.2) is 71.6 Å². The van der Waals surface area contributed by atoms with Crippen molar-refractivity contribution >= 4 is 33.0 Å². The number of rotatable bonds is 6. The number of ether oxygens (including phenoxy) is 1. The number of benzene rings is 3. The summed E-state index contributed by atoms with van der Waals surface area (Å²) < 4.78 is 33.7. The number of hydrogen-bond donors (Lipinski definition) is 2. The Morgan fingerprint density at radius 3 is 2.27 bits per heavy atom. The Kier molecular flexibility index (Phi) is 6.67. The molecule has 33 heavy (non-hydrogen) atoms. The predicted octanol–water partition coefficient (Wildman–Crippen LogP) is 4.19. The van der Waals surface area contributed by atoms with E-state index in [1.807, 2.05) is 50.2 Å². The van der Waals surface area contributed by atoms with E-state index in [9.17, 15) is 13.2 Å². The highest BCUT2D eigenvalue weighted by Crippen LogP contribution is 2.27. The number of morpholine rings is 1. The van der Waals surface area contributed by atoms with Gasteiger partial charge in [0.2, 0.25) is 0 Å². The van der Waals surface area contributed by atoms with Crippen LogP contribution in [0.2, 0.25) is 0 Å². The van der Waals surface area contributed by atoms with E-state index >= 15 is 0 Å². The molecule has 0 atom stereocenters. The van der Waals surface area contributed by atoms with Crippen LogP contribution in [0.1, 0.15) is 21.5 Å². The average Bonchev–Trinajstić information content (AvgIpc) is 2.83. The topological polar surface area (TPSA) is 87.7 Å². The standard InChI is InChI=1S/C25H27N3O4S/c1-18-6-5-8-22(19(18)2)27-33(30,31)21-12-10-20(11-13-21)25(29)26-23-7-3-4-9-24(23)28-14-16-32-17-15-28/h3-13,27H,14-17H2,1-2H3,(H,26,29). The number of para-hydroxylation sites is 2. The van der Waals surface area contributed by atoms with Crippen LogP contribution in [0, 0.1) is 13.8 Å². The van der Waals surface area contributed by atoms with Crippen molar-refractivity contribution in [3.8, 4) is 0 Å². The highest BCUT2D eigenvalue weighted by Gasteiger charge is 2.19. The number of aryl methyl sites for hydroxylation is 1. The van der Waals surface area contributed by atoms with Gasteiger partial charge in [-0.1, -0.05) is 24.3 Å². The molecular formula is C25H27N3O4S. The first kappa shape index (κ1) is 22.8. The Labute approximate surface area is 194 Å². The van der Waals surface area contributed by atoms with E-state index < -0.39 is 10.0 Å². The van der Waals surface area contributed by atoms with E-state index in [1.54, 1.807) is 6.07 Å². The lowest BCUT2D eigenvalue weighted by Crippen LogP contribution is -2.36. The van der Waals surface area contributed by atoms with Crippen molar-refractivity contribution in [3.05, 3.63) is 83.4 Å². The molecule has 172 valence electrons. The fraction of sp³-hybridized carbons (Fsp3) is 0.240. The molecule has 0 aliphatic carbocycles. The van der Waals surface area contributed by atoms with Crippen molar-refractivity contribution < 1.29 is 17.9 Å². The molecule has 0 bridgehead atoms. The SMILES string of the molecule is Cc1cccc(NS(=O)(=O)c2ccc(C(=O)Nc3ccccc3N3CCOCC3)cc2)c1C. The highest BCUT2D eigenvalue weighted by molar-refractivity contribution is 7.92.